The first-order valence-electron chi connectivity index (χ1n) is 11.6. The highest BCUT2D eigenvalue weighted by atomic mass is 32.1. The fraction of sp³-hybridized carbons (Fsp3) is 0.333. The lowest BCUT2D eigenvalue weighted by Gasteiger charge is -2.36. The second-order valence-electron chi connectivity index (χ2n) is 8.71. The fourth-order valence-electron chi connectivity index (χ4n) is 4.90. The first-order valence-corrected chi connectivity index (χ1v) is 12.5. The maximum absolute atomic E-state index is 13.5. The quantitative estimate of drug-likeness (QED) is 0.546. The number of ether oxygens (including phenoxy) is 1. The Labute approximate surface area is 198 Å². The second kappa shape index (κ2) is 9.40. The van der Waals surface area contributed by atoms with E-state index in [0.717, 1.165) is 41.1 Å². The van der Waals surface area contributed by atoms with Crippen LogP contribution in [-0.4, -0.2) is 22.8 Å². The highest BCUT2D eigenvalue weighted by molar-refractivity contribution is 7.10. The van der Waals surface area contributed by atoms with Crippen LogP contribution < -0.4 is 10.1 Å². The van der Waals surface area contributed by atoms with E-state index in [9.17, 15) is 9.59 Å². The summed E-state index contributed by atoms with van der Waals surface area (Å²) in [5.41, 5.74) is 4.23. The summed E-state index contributed by atoms with van der Waals surface area (Å²) in [6, 6.07) is 18.1. The highest BCUT2D eigenvalue weighted by Crippen LogP contribution is 2.39. The van der Waals surface area contributed by atoms with Crippen molar-refractivity contribution in [3.05, 3.63) is 81.5 Å². The molecule has 1 N–H and O–H groups in total. The average Bonchev–Trinajstić information content (AvgIpc) is 3.29. The van der Waals surface area contributed by atoms with Crippen LogP contribution in [-0.2, 0) is 29.0 Å². The van der Waals surface area contributed by atoms with Gasteiger partial charge in [0.25, 0.3) is 5.91 Å². The molecule has 3 aromatic rings. The maximum Gasteiger partial charge on any atom is 0.264 e. The molecule has 0 fully saturated rings. The number of carbonyl (C=O) groups excluding carboxylic acids is 2. The van der Waals surface area contributed by atoms with Crippen LogP contribution in [0.2, 0.25) is 0 Å². The molecule has 0 radical (unpaired) electrons. The van der Waals surface area contributed by atoms with Crippen molar-refractivity contribution in [2.75, 3.05) is 5.32 Å². The number of aryl methyl sites for hydroxylation is 1. The fourth-order valence-corrected chi connectivity index (χ4v) is 5.60. The van der Waals surface area contributed by atoms with Crippen LogP contribution in [0.25, 0.3) is 0 Å². The zero-order chi connectivity index (χ0) is 22.8. The SMILES string of the molecule is CC[C@H]1Oc2ccc(NC(=O)Cc3cccs3)cc2CN([C@H]2CCCc3ccccc32)C1=O. The summed E-state index contributed by atoms with van der Waals surface area (Å²) in [7, 11) is 0. The minimum absolute atomic E-state index is 0.0404. The zero-order valence-electron chi connectivity index (χ0n) is 18.8. The number of thiophene rings is 1. The minimum atomic E-state index is -0.500. The number of amides is 2. The molecule has 2 amide bonds. The molecule has 1 aliphatic heterocycles. The Morgan fingerprint density at radius 2 is 2.03 bits per heavy atom. The summed E-state index contributed by atoms with van der Waals surface area (Å²) in [4.78, 5) is 29.1. The molecule has 0 unspecified atom stereocenters. The third kappa shape index (κ3) is 4.53. The number of nitrogens with one attached hydrogen (secondary N) is 1. The van der Waals surface area contributed by atoms with E-state index < -0.39 is 6.10 Å². The third-order valence-corrected chi connectivity index (χ3v) is 7.39. The van der Waals surface area contributed by atoms with Crippen molar-refractivity contribution in [1.29, 1.82) is 0 Å². The molecule has 170 valence electrons. The molecule has 1 aromatic heterocycles. The predicted molar refractivity (Wildman–Crippen MR) is 130 cm³/mol. The summed E-state index contributed by atoms with van der Waals surface area (Å²) in [6.45, 7) is 2.46. The normalized spacial score (nSPS) is 19.8. The van der Waals surface area contributed by atoms with Gasteiger partial charge in [-0.05, 0) is 66.5 Å². The summed E-state index contributed by atoms with van der Waals surface area (Å²) in [5.74, 6) is 0.712. The highest BCUT2D eigenvalue weighted by Gasteiger charge is 2.36. The van der Waals surface area contributed by atoms with Crippen molar-refractivity contribution in [2.45, 2.75) is 57.7 Å². The van der Waals surface area contributed by atoms with Gasteiger partial charge in [0.2, 0.25) is 5.91 Å². The molecule has 0 saturated heterocycles. The van der Waals surface area contributed by atoms with E-state index >= 15 is 0 Å². The van der Waals surface area contributed by atoms with E-state index in [1.54, 1.807) is 11.3 Å². The maximum atomic E-state index is 13.5. The topological polar surface area (TPSA) is 58.6 Å². The molecule has 5 rings (SSSR count). The smallest absolute Gasteiger partial charge is 0.264 e. The number of rotatable bonds is 5. The van der Waals surface area contributed by atoms with Crippen LogP contribution in [0, 0.1) is 0 Å². The molecule has 0 bridgehead atoms. The Morgan fingerprint density at radius 3 is 2.85 bits per heavy atom. The number of nitrogens with zero attached hydrogens (tertiary/aromatic N) is 1. The monoisotopic (exact) mass is 460 g/mol. The molecule has 2 aliphatic rings. The van der Waals surface area contributed by atoms with Gasteiger partial charge in [0, 0.05) is 16.1 Å². The minimum Gasteiger partial charge on any atom is -0.480 e. The molecular formula is C27H28N2O3S. The Morgan fingerprint density at radius 1 is 1.15 bits per heavy atom. The number of anilines is 1. The first kappa shape index (κ1) is 21.7. The molecule has 6 heteroatoms. The number of hydrogen-bond acceptors (Lipinski definition) is 4. The number of fused-ring (bicyclic) bond motifs is 2. The molecular weight excluding hydrogens is 432 g/mol. The summed E-state index contributed by atoms with van der Waals surface area (Å²) < 4.78 is 6.17. The average molecular weight is 461 g/mol. The summed E-state index contributed by atoms with van der Waals surface area (Å²) in [5, 5.41) is 4.98. The third-order valence-electron chi connectivity index (χ3n) is 6.51. The van der Waals surface area contributed by atoms with E-state index in [4.69, 9.17) is 4.74 Å². The second-order valence-corrected chi connectivity index (χ2v) is 9.75. The van der Waals surface area contributed by atoms with Crippen molar-refractivity contribution in [3.8, 4) is 5.75 Å². The number of carbonyl (C=O) groups is 2. The zero-order valence-corrected chi connectivity index (χ0v) is 19.6. The van der Waals surface area contributed by atoms with Gasteiger partial charge < -0.3 is 15.0 Å². The summed E-state index contributed by atoms with van der Waals surface area (Å²) >= 11 is 1.58. The largest absolute Gasteiger partial charge is 0.480 e. The Bertz CT molecular complexity index is 1160. The molecule has 0 spiro atoms. The Balaban J connectivity index is 1.43. The lowest BCUT2D eigenvalue weighted by Crippen LogP contribution is -2.42. The van der Waals surface area contributed by atoms with Crippen LogP contribution in [0.15, 0.2) is 60.0 Å². The first-order chi connectivity index (χ1) is 16.1. The van der Waals surface area contributed by atoms with Gasteiger partial charge >= 0.3 is 0 Å². The number of hydrogen-bond donors (Lipinski definition) is 1. The van der Waals surface area contributed by atoms with Crippen molar-refractivity contribution >= 4 is 28.8 Å². The Kier molecular flexibility index (Phi) is 6.18. The van der Waals surface area contributed by atoms with Crippen LogP contribution in [0.3, 0.4) is 0 Å². The van der Waals surface area contributed by atoms with Crippen molar-refractivity contribution in [2.24, 2.45) is 0 Å². The van der Waals surface area contributed by atoms with Gasteiger partial charge in [0.15, 0.2) is 6.10 Å². The van der Waals surface area contributed by atoms with E-state index in [1.807, 2.05) is 47.5 Å². The van der Waals surface area contributed by atoms with Crippen molar-refractivity contribution in [3.63, 3.8) is 0 Å². The van der Waals surface area contributed by atoms with Gasteiger partial charge in [-0.2, -0.15) is 0 Å². The van der Waals surface area contributed by atoms with Crippen molar-refractivity contribution < 1.29 is 14.3 Å². The van der Waals surface area contributed by atoms with Crippen LogP contribution in [0.5, 0.6) is 5.75 Å². The molecule has 2 heterocycles. The molecule has 0 saturated carbocycles. The molecule has 5 nitrogen and oxygen atoms in total. The summed E-state index contributed by atoms with van der Waals surface area (Å²) in [6.07, 6.45) is 3.54. The van der Waals surface area contributed by atoms with Gasteiger partial charge in [-0.1, -0.05) is 37.3 Å². The lowest BCUT2D eigenvalue weighted by molar-refractivity contribution is -0.141. The molecule has 2 aromatic carbocycles. The van der Waals surface area contributed by atoms with Gasteiger partial charge in [0.1, 0.15) is 5.75 Å². The van der Waals surface area contributed by atoms with Gasteiger partial charge in [-0.3, -0.25) is 9.59 Å². The van der Waals surface area contributed by atoms with Gasteiger partial charge in [-0.15, -0.1) is 11.3 Å². The molecule has 1 aliphatic carbocycles. The molecule has 33 heavy (non-hydrogen) atoms. The van der Waals surface area contributed by atoms with Crippen LogP contribution in [0.4, 0.5) is 5.69 Å². The standard InChI is InChI=1S/C27H28N2O3S/c1-2-24-27(31)29(23-11-5-8-18-7-3-4-10-22(18)23)17-19-15-20(12-13-25(19)32-24)28-26(30)16-21-9-6-14-33-21/h3-4,6-7,9-10,12-15,23-24H,2,5,8,11,16-17H2,1H3,(H,28,30)/t23-,24+/m0/s1. The van der Waals surface area contributed by atoms with Crippen molar-refractivity contribution in [1.82, 2.24) is 4.90 Å². The van der Waals surface area contributed by atoms with Crippen LogP contribution >= 0.6 is 11.3 Å². The predicted octanol–water partition coefficient (Wildman–Crippen LogP) is 5.51. The van der Waals surface area contributed by atoms with E-state index in [0.29, 0.717) is 19.4 Å². The lowest BCUT2D eigenvalue weighted by atomic mass is 9.86. The van der Waals surface area contributed by atoms with E-state index in [-0.39, 0.29) is 17.9 Å². The van der Waals surface area contributed by atoms with E-state index in [1.165, 1.54) is 11.1 Å². The Hall–Kier alpha value is -3.12. The van der Waals surface area contributed by atoms with Gasteiger partial charge in [-0.25, -0.2) is 0 Å². The van der Waals surface area contributed by atoms with Gasteiger partial charge in [0.05, 0.1) is 19.0 Å². The molecule has 2 atom stereocenters. The van der Waals surface area contributed by atoms with Crippen LogP contribution in [0.1, 0.15) is 53.8 Å². The number of benzene rings is 2. The van der Waals surface area contributed by atoms with E-state index in [2.05, 4.69) is 29.6 Å².